The highest BCUT2D eigenvalue weighted by molar-refractivity contribution is 7.89. The first-order chi connectivity index (χ1) is 9.40. The second-order valence-corrected chi connectivity index (χ2v) is 6.12. The molecule has 0 atom stereocenters. The average Bonchev–Trinajstić information content (AvgIpc) is 2.42. The highest BCUT2D eigenvalue weighted by atomic mass is 35.5. The van der Waals surface area contributed by atoms with Gasteiger partial charge in [-0.2, -0.15) is 0 Å². The summed E-state index contributed by atoms with van der Waals surface area (Å²) in [6, 6.07) is 3.86. The summed E-state index contributed by atoms with van der Waals surface area (Å²) >= 11 is 5.83. The van der Waals surface area contributed by atoms with Crippen LogP contribution in [0.15, 0.2) is 23.1 Å². The molecule has 0 fully saturated rings. The van der Waals surface area contributed by atoms with Gasteiger partial charge in [0.1, 0.15) is 0 Å². The summed E-state index contributed by atoms with van der Waals surface area (Å²) in [6.45, 7) is 3.44. The molecule has 0 aliphatic rings. The summed E-state index contributed by atoms with van der Waals surface area (Å²) in [5, 5.41) is 3.15. The zero-order valence-corrected chi connectivity index (χ0v) is 14.1. The molecule has 0 radical (unpaired) electrons. The van der Waals surface area contributed by atoms with Crippen molar-refractivity contribution in [2.24, 2.45) is 0 Å². The largest absolute Gasteiger partial charge is 0.465 e. The molecule has 0 unspecified atom stereocenters. The molecule has 0 aliphatic heterocycles. The lowest BCUT2D eigenvalue weighted by Crippen LogP contribution is -2.31. The van der Waals surface area contributed by atoms with Gasteiger partial charge in [-0.1, -0.05) is 18.5 Å². The molecule has 0 aromatic heterocycles. The van der Waals surface area contributed by atoms with E-state index in [1.165, 1.54) is 25.3 Å². The third-order valence-corrected chi connectivity index (χ3v) is 4.11. The number of nitrogens with one attached hydrogen (secondary N) is 2. The Hall–Kier alpha value is -0.860. The number of rotatable bonds is 7. The van der Waals surface area contributed by atoms with Crippen molar-refractivity contribution < 1.29 is 17.9 Å². The third kappa shape index (κ3) is 6.19. The van der Waals surface area contributed by atoms with Gasteiger partial charge in [0.05, 0.1) is 17.6 Å². The first-order valence-corrected chi connectivity index (χ1v) is 7.86. The Labute approximate surface area is 135 Å². The number of benzene rings is 1. The Morgan fingerprint density at radius 3 is 2.52 bits per heavy atom. The van der Waals surface area contributed by atoms with E-state index in [9.17, 15) is 13.2 Å². The molecule has 6 nitrogen and oxygen atoms in total. The second-order valence-electron chi connectivity index (χ2n) is 3.92. The first-order valence-electron chi connectivity index (χ1n) is 6.00. The molecule has 1 aromatic rings. The summed E-state index contributed by atoms with van der Waals surface area (Å²) in [5.41, 5.74) is 0.0899. The number of ether oxygens (including phenoxy) is 1. The van der Waals surface area contributed by atoms with Crippen molar-refractivity contribution in [1.29, 1.82) is 0 Å². The molecular formula is C12H18Cl2N2O4S. The summed E-state index contributed by atoms with van der Waals surface area (Å²) in [4.78, 5) is 11.4. The molecule has 0 heterocycles. The van der Waals surface area contributed by atoms with Crippen molar-refractivity contribution >= 4 is 40.0 Å². The van der Waals surface area contributed by atoms with Crippen molar-refractivity contribution in [1.82, 2.24) is 10.0 Å². The Morgan fingerprint density at radius 1 is 1.29 bits per heavy atom. The fourth-order valence-corrected chi connectivity index (χ4v) is 2.89. The lowest BCUT2D eigenvalue weighted by atomic mass is 10.2. The number of esters is 1. The van der Waals surface area contributed by atoms with Gasteiger partial charge in [0.2, 0.25) is 10.0 Å². The highest BCUT2D eigenvalue weighted by Crippen LogP contribution is 2.19. The Kier molecular flexibility index (Phi) is 8.84. The number of hydrogen-bond donors (Lipinski definition) is 2. The summed E-state index contributed by atoms with van der Waals surface area (Å²) in [6.07, 6.45) is 0. The average molecular weight is 357 g/mol. The standard InChI is InChI=1S/C12H17ClN2O4S.ClH/c1-3-14-4-5-15-20(17,18)11-7-9(12(16)19-2)6-10(13)8-11;/h6-8,14-15H,3-5H2,1-2H3;1H. The van der Waals surface area contributed by atoms with Crippen LogP contribution < -0.4 is 10.0 Å². The van der Waals surface area contributed by atoms with E-state index in [1.54, 1.807) is 0 Å². The second kappa shape index (κ2) is 9.22. The molecule has 1 rings (SSSR count). The SMILES string of the molecule is CCNCCNS(=O)(=O)c1cc(Cl)cc(C(=O)OC)c1.Cl. The molecule has 0 saturated carbocycles. The molecule has 0 aliphatic carbocycles. The lowest BCUT2D eigenvalue weighted by Gasteiger charge is -2.09. The van der Waals surface area contributed by atoms with E-state index >= 15 is 0 Å². The minimum atomic E-state index is -3.71. The van der Waals surface area contributed by atoms with Crippen LogP contribution >= 0.6 is 24.0 Å². The van der Waals surface area contributed by atoms with Gasteiger partial charge in [-0.15, -0.1) is 12.4 Å². The van der Waals surface area contributed by atoms with E-state index in [-0.39, 0.29) is 34.4 Å². The number of methoxy groups -OCH3 is 1. The van der Waals surface area contributed by atoms with E-state index in [4.69, 9.17) is 11.6 Å². The number of hydrogen-bond acceptors (Lipinski definition) is 5. The summed E-state index contributed by atoms with van der Waals surface area (Å²) < 4.78 is 31.1. The van der Waals surface area contributed by atoms with Gasteiger partial charge in [-0.25, -0.2) is 17.9 Å². The van der Waals surface area contributed by atoms with E-state index < -0.39 is 16.0 Å². The number of sulfonamides is 1. The van der Waals surface area contributed by atoms with Crippen LogP contribution in [0.5, 0.6) is 0 Å². The quantitative estimate of drug-likeness (QED) is 0.570. The van der Waals surface area contributed by atoms with Gasteiger partial charge in [-0.05, 0) is 24.7 Å². The molecule has 0 saturated heterocycles. The maximum atomic E-state index is 12.1. The van der Waals surface area contributed by atoms with Crippen LogP contribution in [-0.2, 0) is 14.8 Å². The highest BCUT2D eigenvalue weighted by Gasteiger charge is 2.17. The molecule has 1 aromatic carbocycles. The first kappa shape index (κ1) is 20.1. The van der Waals surface area contributed by atoms with Crippen LogP contribution in [0.2, 0.25) is 5.02 Å². The number of likely N-dealkylation sites (N-methyl/N-ethyl adjacent to an activating group) is 1. The molecule has 0 bridgehead atoms. The molecule has 120 valence electrons. The maximum Gasteiger partial charge on any atom is 0.337 e. The van der Waals surface area contributed by atoms with E-state index in [0.717, 1.165) is 6.54 Å². The van der Waals surface area contributed by atoms with Gasteiger partial charge in [0, 0.05) is 18.1 Å². The van der Waals surface area contributed by atoms with Gasteiger partial charge < -0.3 is 10.1 Å². The zero-order chi connectivity index (χ0) is 15.2. The topological polar surface area (TPSA) is 84.5 Å². The van der Waals surface area contributed by atoms with Crippen molar-refractivity contribution in [2.75, 3.05) is 26.7 Å². The van der Waals surface area contributed by atoms with Gasteiger partial charge >= 0.3 is 5.97 Å². The lowest BCUT2D eigenvalue weighted by molar-refractivity contribution is 0.0600. The molecule has 0 spiro atoms. The maximum absolute atomic E-state index is 12.1. The predicted molar refractivity (Wildman–Crippen MR) is 83.8 cm³/mol. The number of halogens is 2. The van der Waals surface area contributed by atoms with Crippen LogP contribution in [0.25, 0.3) is 0 Å². The summed E-state index contributed by atoms with van der Waals surface area (Å²) in [7, 11) is -2.50. The van der Waals surface area contributed by atoms with E-state index in [2.05, 4.69) is 14.8 Å². The van der Waals surface area contributed by atoms with Crippen molar-refractivity contribution in [2.45, 2.75) is 11.8 Å². The van der Waals surface area contributed by atoms with E-state index in [0.29, 0.717) is 6.54 Å². The monoisotopic (exact) mass is 356 g/mol. The minimum Gasteiger partial charge on any atom is -0.465 e. The number of carbonyl (C=O) groups is 1. The minimum absolute atomic E-state index is 0. The normalized spacial score (nSPS) is 10.8. The number of carbonyl (C=O) groups excluding carboxylic acids is 1. The molecule has 0 amide bonds. The predicted octanol–water partition coefficient (Wildman–Crippen LogP) is 1.44. The molecule has 9 heteroatoms. The molecule has 21 heavy (non-hydrogen) atoms. The Balaban J connectivity index is 0.00000400. The Morgan fingerprint density at radius 2 is 1.95 bits per heavy atom. The fourth-order valence-electron chi connectivity index (χ4n) is 1.49. The molecule has 2 N–H and O–H groups in total. The van der Waals surface area contributed by atoms with Crippen LogP contribution in [-0.4, -0.2) is 41.1 Å². The van der Waals surface area contributed by atoms with Crippen LogP contribution in [0.4, 0.5) is 0 Å². The van der Waals surface area contributed by atoms with Crippen molar-refractivity contribution in [3.63, 3.8) is 0 Å². The van der Waals surface area contributed by atoms with E-state index in [1.807, 2.05) is 6.92 Å². The third-order valence-electron chi connectivity index (χ3n) is 2.45. The van der Waals surface area contributed by atoms with Gasteiger partial charge in [0.25, 0.3) is 0 Å². The van der Waals surface area contributed by atoms with Crippen molar-refractivity contribution in [3.05, 3.63) is 28.8 Å². The van der Waals surface area contributed by atoms with Crippen LogP contribution in [0.3, 0.4) is 0 Å². The fraction of sp³-hybridized carbons (Fsp3) is 0.417. The summed E-state index contributed by atoms with van der Waals surface area (Å²) in [5.74, 6) is -0.642. The smallest absolute Gasteiger partial charge is 0.337 e. The zero-order valence-electron chi connectivity index (χ0n) is 11.7. The van der Waals surface area contributed by atoms with Gasteiger partial charge in [-0.3, -0.25) is 0 Å². The molecular weight excluding hydrogens is 339 g/mol. The van der Waals surface area contributed by atoms with Crippen LogP contribution in [0, 0.1) is 0 Å². The van der Waals surface area contributed by atoms with Gasteiger partial charge in [0.15, 0.2) is 0 Å². The van der Waals surface area contributed by atoms with Crippen LogP contribution in [0.1, 0.15) is 17.3 Å². The van der Waals surface area contributed by atoms with Crippen molar-refractivity contribution in [3.8, 4) is 0 Å². The Bertz CT molecular complexity index is 579.